The molecule has 2 heteroatoms. The van der Waals surface area contributed by atoms with E-state index < -0.39 is 0 Å². The topological polar surface area (TPSA) is 35.2 Å². The normalized spacial score (nSPS) is 32.0. The zero-order valence-corrected chi connectivity index (χ0v) is 12.8. The molecule has 2 atom stereocenters. The molecule has 0 saturated carbocycles. The minimum absolute atomic E-state index is 0.0625. The van der Waals surface area contributed by atoms with Gasteiger partial charge in [0, 0.05) is 0 Å². The van der Waals surface area contributed by atoms with E-state index in [0.29, 0.717) is 6.10 Å². The van der Waals surface area contributed by atoms with E-state index in [-0.39, 0.29) is 11.0 Å². The first-order chi connectivity index (χ1) is 9.52. The Morgan fingerprint density at radius 3 is 2.60 bits per heavy atom. The molecule has 20 heavy (non-hydrogen) atoms. The molecule has 2 unspecified atom stereocenters. The first-order valence-corrected chi connectivity index (χ1v) is 7.97. The molecule has 0 spiro atoms. The first-order valence-electron chi connectivity index (χ1n) is 7.97. The van der Waals surface area contributed by atoms with Gasteiger partial charge in [-0.2, -0.15) is 0 Å². The van der Waals surface area contributed by atoms with Crippen molar-refractivity contribution in [2.24, 2.45) is 11.1 Å². The lowest BCUT2D eigenvalue weighted by Gasteiger charge is -2.39. The molecule has 0 radical (unpaired) electrons. The lowest BCUT2D eigenvalue weighted by Crippen LogP contribution is -2.39. The van der Waals surface area contributed by atoms with Crippen LogP contribution < -0.4 is 5.73 Å². The molecule has 0 bridgehead atoms. The van der Waals surface area contributed by atoms with Gasteiger partial charge in [0.05, 0.1) is 11.7 Å². The Kier molecular flexibility index (Phi) is 3.64. The van der Waals surface area contributed by atoms with Crippen LogP contribution in [0.25, 0.3) is 0 Å². The van der Waals surface area contributed by atoms with Gasteiger partial charge in [0.15, 0.2) is 0 Å². The molecule has 1 saturated heterocycles. The number of hydrogen-bond acceptors (Lipinski definition) is 2. The van der Waals surface area contributed by atoms with Crippen molar-refractivity contribution in [3.05, 3.63) is 35.4 Å². The monoisotopic (exact) mass is 273 g/mol. The molecule has 2 N–H and O–H groups in total. The van der Waals surface area contributed by atoms with Crippen molar-refractivity contribution in [2.75, 3.05) is 6.54 Å². The summed E-state index contributed by atoms with van der Waals surface area (Å²) >= 11 is 0. The minimum Gasteiger partial charge on any atom is -0.372 e. The molecular formula is C18H27NO. The van der Waals surface area contributed by atoms with Crippen LogP contribution in [0.2, 0.25) is 0 Å². The second-order valence-corrected chi connectivity index (χ2v) is 7.39. The van der Waals surface area contributed by atoms with E-state index >= 15 is 0 Å². The molecular weight excluding hydrogens is 246 g/mol. The van der Waals surface area contributed by atoms with E-state index in [1.54, 1.807) is 0 Å². The molecule has 3 rings (SSSR count). The quantitative estimate of drug-likeness (QED) is 0.915. The van der Waals surface area contributed by atoms with Gasteiger partial charge in [0.1, 0.15) is 0 Å². The smallest absolute Gasteiger partial charge is 0.0631 e. The second kappa shape index (κ2) is 5.16. The Bertz CT molecular complexity index is 482. The van der Waals surface area contributed by atoms with Crippen LogP contribution >= 0.6 is 0 Å². The maximum atomic E-state index is 6.21. The van der Waals surface area contributed by atoms with E-state index in [9.17, 15) is 0 Å². The zero-order chi connectivity index (χ0) is 14.2. The minimum atomic E-state index is 0.0625. The van der Waals surface area contributed by atoms with Gasteiger partial charge in [0.2, 0.25) is 0 Å². The van der Waals surface area contributed by atoms with E-state index in [1.807, 2.05) is 0 Å². The van der Waals surface area contributed by atoms with Crippen LogP contribution in [0.15, 0.2) is 24.3 Å². The van der Waals surface area contributed by atoms with Gasteiger partial charge >= 0.3 is 0 Å². The zero-order valence-electron chi connectivity index (χ0n) is 12.8. The van der Waals surface area contributed by atoms with E-state index in [4.69, 9.17) is 10.5 Å². The molecule has 0 amide bonds. The average Bonchev–Trinajstić information content (AvgIpc) is 2.77. The van der Waals surface area contributed by atoms with Crippen LogP contribution in [0.4, 0.5) is 0 Å². The molecule has 1 aromatic carbocycles. The van der Waals surface area contributed by atoms with Crippen LogP contribution in [-0.4, -0.2) is 18.2 Å². The third-order valence-electron chi connectivity index (χ3n) is 5.26. The highest BCUT2D eigenvalue weighted by Gasteiger charge is 2.40. The average molecular weight is 273 g/mol. The molecule has 2 aliphatic rings. The Hall–Kier alpha value is -0.860. The van der Waals surface area contributed by atoms with Gasteiger partial charge in [-0.05, 0) is 75.5 Å². The summed E-state index contributed by atoms with van der Waals surface area (Å²) in [5.74, 6) is 0. The number of hydrogen-bond donors (Lipinski definition) is 1. The Labute approximate surface area is 122 Å². The van der Waals surface area contributed by atoms with Gasteiger partial charge in [-0.3, -0.25) is 0 Å². The second-order valence-electron chi connectivity index (χ2n) is 7.39. The summed E-state index contributed by atoms with van der Waals surface area (Å²) in [4.78, 5) is 0. The summed E-state index contributed by atoms with van der Waals surface area (Å²) in [5.41, 5.74) is 9.52. The van der Waals surface area contributed by atoms with Gasteiger partial charge < -0.3 is 10.5 Å². The number of nitrogens with two attached hydrogens (primary N) is 1. The predicted octanol–water partition coefficient (Wildman–Crippen LogP) is 3.47. The Morgan fingerprint density at radius 2 is 1.95 bits per heavy atom. The van der Waals surface area contributed by atoms with E-state index in [0.717, 1.165) is 19.4 Å². The standard InChI is InChI=1S/C18H27NO/c1-17(2)9-8-16(20-17)12-18(13-19)10-7-14-5-3-4-6-15(14)11-18/h3-6,16H,7-13,19H2,1-2H3. The largest absolute Gasteiger partial charge is 0.372 e. The van der Waals surface area contributed by atoms with E-state index in [2.05, 4.69) is 38.1 Å². The summed E-state index contributed by atoms with van der Waals surface area (Å²) in [6, 6.07) is 8.85. The number of benzene rings is 1. The fraction of sp³-hybridized carbons (Fsp3) is 0.667. The predicted molar refractivity (Wildman–Crippen MR) is 82.8 cm³/mol. The summed E-state index contributed by atoms with van der Waals surface area (Å²) < 4.78 is 6.21. The Balaban J connectivity index is 1.74. The molecule has 110 valence electrons. The first kappa shape index (κ1) is 14.1. The third kappa shape index (κ3) is 2.77. The fourth-order valence-corrected chi connectivity index (χ4v) is 4.00. The summed E-state index contributed by atoms with van der Waals surface area (Å²) in [6.45, 7) is 5.19. The lowest BCUT2D eigenvalue weighted by atomic mass is 9.68. The maximum absolute atomic E-state index is 6.21. The van der Waals surface area contributed by atoms with Crippen molar-refractivity contribution >= 4 is 0 Å². The van der Waals surface area contributed by atoms with Crippen LogP contribution in [0.3, 0.4) is 0 Å². The number of rotatable bonds is 3. The molecule has 1 aliphatic heterocycles. The summed E-state index contributed by atoms with van der Waals surface area (Å²) in [7, 11) is 0. The van der Waals surface area contributed by atoms with Gasteiger partial charge in [0.25, 0.3) is 0 Å². The number of fused-ring (bicyclic) bond motifs is 1. The molecule has 1 aromatic rings. The Morgan fingerprint density at radius 1 is 1.20 bits per heavy atom. The van der Waals surface area contributed by atoms with Crippen molar-refractivity contribution in [1.82, 2.24) is 0 Å². The van der Waals surface area contributed by atoms with Crippen molar-refractivity contribution in [2.45, 2.75) is 64.1 Å². The highest BCUT2D eigenvalue weighted by Crippen LogP contribution is 2.42. The van der Waals surface area contributed by atoms with Crippen LogP contribution in [0, 0.1) is 5.41 Å². The van der Waals surface area contributed by atoms with Crippen molar-refractivity contribution in [1.29, 1.82) is 0 Å². The fourth-order valence-electron chi connectivity index (χ4n) is 4.00. The van der Waals surface area contributed by atoms with Crippen LogP contribution in [0.1, 0.15) is 50.7 Å². The van der Waals surface area contributed by atoms with Crippen LogP contribution in [-0.2, 0) is 17.6 Å². The van der Waals surface area contributed by atoms with Gasteiger partial charge in [-0.25, -0.2) is 0 Å². The molecule has 2 nitrogen and oxygen atoms in total. The number of ether oxygens (including phenoxy) is 1. The highest BCUT2D eigenvalue weighted by molar-refractivity contribution is 5.31. The maximum Gasteiger partial charge on any atom is 0.0631 e. The third-order valence-corrected chi connectivity index (χ3v) is 5.26. The van der Waals surface area contributed by atoms with Gasteiger partial charge in [-0.15, -0.1) is 0 Å². The van der Waals surface area contributed by atoms with Crippen molar-refractivity contribution in [3.63, 3.8) is 0 Å². The van der Waals surface area contributed by atoms with Gasteiger partial charge in [-0.1, -0.05) is 24.3 Å². The SMILES string of the molecule is CC1(C)CCC(CC2(CN)CCc3ccccc3C2)O1. The van der Waals surface area contributed by atoms with E-state index in [1.165, 1.54) is 36.8 Å². The summed E-state index contributed by atoms with van der Waals surface area (Å²) in [5, 5.41) is 0. The number of aryl methyl sites for hydroxylation is 1. The van der Waals surface area contributed by atoms with Crippen LogP contribution in [0.5, 0.6) is 0 Å². The van der Waals surface area contributed by atoms with Crippen molar-refractivity contribution < 1.29 is 4.74 Å². The molecule has 1 fully saturated rings. The van der Waals surface area contributed by atoms with Crippen molar-refractivity contribution in [3.8, 4) is 0 Å². The molecule has 0 aromatic heterocycles. The highest BCUT2D eigenvalue weighted by atomic mass is 16.5. The summed E-state index contributed by atoms with van der Waals surface area (Å²) in [6.07, 6.45) is 7.40. The molecule has 1 heterocycles. The lowest BCUT2D eigenvalue weighted by molar-refractivity contribution is -0.0366. The molecule has 1 aliphatic carbocycles.